The molecule has 0 aromatic carbocycles. The van der Waals surface area contributed by atoms with Crippen LogP contribution < -0.4 is 12.4 Å². The normalized spacial score (nSPS) is 8.45. The Bertz CT molecular complexity index is 89.6. The summed E-state index contributed by atoms with van der Waals surface area (Å²) < 4.78 is 0. The van der Waals surface area contributed by atoms with Gasteiger partial charge in [0.15, 0.2) is 0 Å². The molecule has 0 aromatic heterocycles. The first-order chi connectivity index (χ1) is 4.41. The van der Waals surface area contributed by atoms with Gasteiger partial charge in [-0.15, -0.1) is 0 Å². The van der Waals surface area contributed by atoms with E-state index in [0.29, 0.717) is 0 Å². The van der Waals surface area contributed by atoms with Crippen molar-refractivity contribution in [3.05, 3.63) is 24.8 Å². The van der Waals surface area contributed by atoms with Gasteiger partial charge >= 0.3 is 23.1 Å². The molecule has 0 saturated carbocycles. The molecule has 11 heavy (non-hydrogen) atoms. The molecule has 0 aliphatic heterocycles. The minimum atomic E-state index is 0. The van der Waals surface area contributed by atoms with E-state index in [1.54, 1.807) is 6.08 Å². The van der Waals surface area contributed by atoms with E-state index in [1.807, 2.05) is 6.08 Å². The zero-order chi connectivity index (χ0) is 6.95. The van der Waals surface area contributed by atoms with Crippen LogP contribution in [0.25, 0.3) is 0 Å². The van der Waals surface area contributed by atoms with E-state index in [-0.39, 0.29) is 35.5 Å². The Balaban J connectivity index is -0.000000320. The third-order valence-electron chi connectivity index (χ3n) is 1.22. The Kier molecular flexibility index (Phi) is 27.0. The summed E-state index contributed by atoms with van der Waals surface area (Å²) in [5, 5.41) is 0. The van der Waals surface area contributed by atoms with E-state index in [4.69, 9.17) is 6.58 Å². The van der Waals surface area contributed by atoms with Crippen molar-refractivity contribution in [3.8, 4) is 0 Å². The molecule has 0 unspecified atom stereocenters. The van der Waals surface area contributed by atoms with Crippen LogP contribution in [0.5, 0.6) is 0 Å². The molecule has 0 spiro atoms. The molecule has 0 bridgehead atoms. The van der Waals surface area contributed by atoms with E-state index >= 15 is 0 Å². The number of rotatable bonds is 5. The second-order valence-electron chi connectivity index (χ2n) is 2.12. The summed E-state index contributed by atoms with van der Waals surface area (Å²) in [5.74, 6) is 0. The molecule has 0 rings (SSSR count). The van der Waals surface area contributed by atoms with Crippen LogP contribution in [0.1, 0.15) is 32.6 Å². The predicted molar refractivity (Wildman–Crippen MR) is 47.9 cm³/mol. The van der Waals surface area contributed by atoms with Crippen molar-refractivity contribution in [3.63, 3.8) is 0 Å². The van der Waals surface area contributed by atoms with Crippen LogP contribution in [0.4, 0.5) is 0 Å². The van der Waals surface area contributed by atoms with Crippen molar-refractivity contribution in [2.24, 2.45) is 0 Å². The Morgan fingerprint density at radius 3 is 2.36 bits per heavy atom. The number of halogens is 1. The first-order valence-corrected chi connectivity index (χ1v) is 3.62. The molecule has 0 N–H and O–H groups in total. The maximum Gasteiger partial charge on any atom is 2.00 e. The maximum absolute atomic E-state index is 5.13. The van der Waals surface area contributed by atoms with Crippen LogP contribution >= 0.6 is 0 Å². The number of hydrogen-bond donors (Lipinski definition) is 0. The zero-order valence-electron chi connectivity index (χ0n) is 7.22. The first-order valence-electron chi connectivity index (χ1n) is 3.62. The number of hydrogen-bond acceptors (Lipinski definition) is 0. The fraction of sp³-hybridized carbons (Fsp3) is 0.556. The van der Waals surface area contributed by atoms with Gasteiger partial charge in [-0.1, -0.05) is 32.6 Å². The van der Waals surface area contributed by atoms with Crippen molar-refractivity contribution in [1.82, 2.24) is 0 Å². The Labute approximate surface area is 92.7 Å². The van der Waals surface area contributed by atoms with E-state index in [2.05, 4.69) is 13.0 Å². The zero-order valence-corrected chi connectivity index (χ0v) is 9.39. The molecule has 0 aliphatic rings. The second-order valence-corrected chi connectivity index (χ2v) is 2.12. The van der Waals surface area contributed by atoms with Crippen molar-refractivity contribution in [2.75, 3.05) is 0 Å². The van der Waals surface area contributed by atoms with Crippen LogP contribution in [-0.4, -0.2) is 23.1 Å². The van der Waals surface area contributed by atoms with Gasteiger partial charge in [0.05, 0.1) is 0 Å². The molecule has 0 fully saturated rings. The summed E-state index contributed by atoms with van der Waals surface area (Å²) in [6.45, 7) is 7.34. The monoisotopic (exact) mass is 182 g/mol. The van der Waals surface area contributed by atoms with Crippen LogP contribution in [0, 0.1) is 6.58 Å². The molecular weight excluding hydrogens is 168 g/mol. The second kappa shape index (κ2) is 16.9. The fourth-order valence-corrected chi connectivity index (χ4v) is 0.687. The average Bonchev–Trinajstić information content (AvgIpc) is 1.89. The summed E-state index contributed by atoms with van der Waals surface area (Å²) in [5.41, 5.74) is 0. The van der Waals surface area contributed by atoms with E-state index in [0.717, 1.165) is 0 Å². The molecule has 0 amide bonds. The summed E-state index contributed by atoms with van der Waals surface area (Å²) in [6, 6.07) is 0. The van der Waals surface area contributed by atoms with Crippen LogP contribution in [0.2, 0.25) is 0 Å². The molecule has 0 saturated heterocycles. The third-order valence-corrected chi connectivity index (χ3v) is 1.22. The molecule has 0 radical (unpaired) electrons. The SMILES string of the molecule is [CH-]=CC=CCCCCC.[Cl-].[Mg+2]. The fourth-order valence-electron chi connectivity index (χ4n) is 0.687. The van der Waals surface area contributed by atoms with Gasteiger partial charge in [0, 0.05) is 0 Å². The van der Waals surface area contributed by atoms with Crippen molar-refractivity contribution in [2.45, 2.75) is 32.6 Å². The summed E-state index contributed by atoms with van der Waals surface area (Å²) in [7, 11) is 0. The van der Waals surface area contributed by atoms with Gasteiger partial charge in [0.1, 0.15) is 0 Å². The topological polar surface area (TPSA) is 0 Å². The summed E-state index contributed by atoms with van der Waals surface area (Å²) in [4.78, 5) is 0. The largest absolute Gasteiger partial charge is 2.00 e. The van der Waals surface area contributed by atoms with Gasteiger partial charge < -0.3 is 12.4 Å². The average molecular weight is 183 g/mol. The summed E-state index contributed by atoms with van der Waals surface area (Å²) >= 11 is 0. The Hall–Kier alpha value is 0.536. The molecule has 60 valence electrons. The molecule has 0 atom stereocenters. The van der Waals surface area contributed by atoms with E-state index < -0.39 is 0 Å². The van der Waals surface area contributed by atoms with Crippen LogP contribution in [0.3, 0.4) is 0 Å². The Morgan fingerprint density at radius 1 is 1.27 bits per heavy atom. The predicted octanol–water partition coefficient (Wildman–Crippen LogP) is -0.265. The van der Waals surface area contributed by atoms with Crippen LogP contribution in [0.15, 0.2) is 18.2 Å². The summed E-state index contributed by atoms with van der Waals surface area (Å²) in [6.07, 6.45) is 10.7. The van der Waals surface area contributed by atoms with Crippen molar-refractivity contribution in [1.29, 1.82) is 0 Å². The molecule has 0 aliphatic carbocycles. The molecule has 2 heteroatoms. The van der Waals surface area contributed by atoms with Crippen molar-refractivity contribution < 1.29 is 12.4 Å². The Morgan fingerprint density at radius 2 is 1.91 bits per heavy atom. The minimum absolute atomic E-state index is 0. The quantitative estimate of drug-likeness (QED) is 0.238. The maximum atomic E-state index is 5.13. The number of allylic oxidation sites excluding steroid dienone is 3. The van der Waals surface area contributed by atoms with Gasteiger partial charge in [-0.05, 0) is 0 Å². The first kappa shape index (κ1) is 17.6. The molecular formula is C9H15ClMg. The van der Waals surface area contributed by atoms with E-state index in [1.165, 1.54) is 25.7 Å². The standard InChI is InChI=1S/C9H15.ClH.Mg/c1-3-5-7-9-8-6-4-2;;/h1,3,5,7H,4,6,8-9H2,2H3;1H;/q-1;;+2/p-1. The van der Waals surface area contributed by atoms with Gasteiger partial charge in [-0.2, -0.15) is 6.08 Å². The molecule has 0 heterocycles. The number of unbranched alkanes of at least 4 members (excludes halogenated alkanes) is 3. The minimum Gasteiger partial charge on any atom is -1.00 e. The van der Waals surface area contributed by atoms with Gasteiger partial charge in [-0.25, -0.2) is 12.2 Å². The van der Waals surface area contributed by atoms with E-state index in [9.17, 15) is 0 Å². The smallest absolute Gasteiger partial charge is 1.00 e. The van der Waals surface area contributed by atoms with Gasteiger partial charge in [0.2, 0.25) is 0 Å². The van der Waals surface area contributed by atoms with Gasteiger partial charge in [0.25, 0.3) is 0 Å². The van der Waals surface area contributed by atoms with Crippen molar-refractivity contribution >= 4 is 23.1 Å². The third kappa shape index (κ3) is 18.0. The van der Waals surface area contributed by atoms with Gasteiger partial charge in [-0.3, -0.25) is 6.58 Å². The van der Waals surface area contributed by atoms with Crippen LogP contribution in [-0.2, 0) is 0 Å². The molecule has 0 nitrogen and oxygen atoms in total. The molecule has 0 aromatic rings.